The van der Waals surface area contributed by atoms with Crippen LogP contribution in [0.4, 0.5) is 0 Å². The molecule has 0 fully saturated rings. The lowest BCUT2D eigenvalue weighted by atomic mass is 10.1. The lowest BCUT2D eigenvalue weighted by molar-refractivity contribution is -0.137. The van der Waals surface area contributed by atoms with Crippen LogP contribution in [-0.4, -0.2) is 5.97 Å². The Morgan fingerprint density at radius 1 is 1.12 bits per heavy atom. The number of carbonyl (C=O) groups excluding carboxylic acids is 1. The lowest BCUT2D eigenvalue weighted by Crippen LogP contribution is -1.94. The first kappa shape index (κ1) is 14.9. The van der Waals surface area contributed by atoms with Crippen LogP contribution in [0.5, 0.6) is 0 Å². The van der Waals surface area contributed by atoms with E-state index >= 15 is 0 Å². The summed E-state index contributed by atoms with van der Waals surface area (Å²) in [6, 6.07) is 8.07. The number of esters is 1. The van der Waals surface area contributed by atoms with E-state index in [0.29, 0.717) is 6.42 Å². The predicted molar refractivity (Wildman–Crippen MR) is 73.2 cm³/mol. The third-order valence-electron chi connectivity index (χ3n) is 1.91. The summed E-state index contributed by atoms with van der Waals surface area (Å²) in [5.41, 5.74) is 2.29. The van der Waals surface area contributed by atoms with Gasteiger partial charge in [0.25, 0.3) is 0 Å². The fraction of sp³-hybridized carbons (Fsp3) is 0.133. The zero-order chi connectivity index (χ0) is 13.1. The van der Waals surface area contributed by atoms with E-state index in [1.54, 1.807) is 6.92 Å². The molecule has 0 aromatic heterocycles. The second kappa shape index (κ2) is 9.16. The van der Waals surface area contributed by atoms with Gasteiger partial charge in [-0.05, 0) is 11.1 Å². The van der Waals surface area contributed by atoms with Crippen molar-refractivity contribution in [3.05, 3.63) is 61.4 Å². The van der Waals surface area contributed by atoms with Crippen molar-refractivity contribution >= 4 is 18.1 Å². The maximum atomic E-state index is 10.1. The van der Waals surface area contributed by atoms with Gasteiger partial charge in [0, 0.05) is 6.42 Å². The van der Waals surface area contributed by atoms with Gasteiger partial charge in [-0.3, -0.25) is 4.79 Å². The quantitative estimate of drug-likeness (QED) is 0.576. The Bertz CT molecular complexity index is 347. The third kappa shape index (κ3) is 6.90. The van der Waals surface area contributed by atoms with Gasteiger partial charge in [-0.15, -0.1) is 0 Å². The van der Waals surface area contributed by atoms with Crippen molar-refractivity contribution in [1.29, 1.82) is 0 Å². The maximum absolute atomic E-state index is 10.1. The van der Waals surface area contributed by atoms with E-state index in [-0.39, 0.29) is 5.97 Å². The van der Waals surface area contributed by atoms with E-state index in [2.05, 4.69) is 24.5 Å². The van der Waals surface area contributed by atoms with Crippen molar-refractivity contribution in [2.45, 2.75) is 13.3 Å². The molecule has 1 aromatic carbocycles. The van der Waals surface area contributed by atoms with Crippen LogP contribution in [0.15, 0.2) is 50.3 Å². The first-order chi connectivity index (χ1) is 8.17. The minimum atomic E-state index is -0.241. The van der Waals surface area contributed by atoms with E-state index in [1.807, 2.05) is 36.4 Å². The van der Waals surface area contributed by atoms with Crippen molar-refractivity contribution in [2.24, 2.45) is 0 Å². The average Bonchev–Trinajstić information content (AvgIpc) is 2.39. The van der Waals surface area contributed by atoms with Gasteiger partial charge in [-0.1, -0.05) is 63.1 Å². The first-order valence-electron chi connectivity index (χ1n) is 5.33. The second-order valence-corrected chi connectivity index (χ2v) is 3.08. The SMILES string of the molecule is C=COC(=O)CC.C=Cc1ccc(C=C)cc1. The number of hydrogen-bond acceptors (Lipinski definition) is 2. The van der Waals surface area contributed by atoms with E-state index in [9.17, 15) is 4.79 Å². The normalized spacial score (nSPS) is 8.29. The number of ether oxygens (including phenoxy) is 1. The van der Waals surface area contributed by atoms with Gasteiger partial charge in [-0.2, -0.15) is 0 Å². The molecule has 0 saturated carbocycles. The molecule has 0 saturated heterocycles. The van der Waals surface area contributed by atoms with Gasteiger partial charge in [0.05, 0.1) is 6.26 Å². The summed E-state index contributed by atoms with van der Waals surface area (Å²) >= 11 is 0. The Kier molecular flexibility index (Phi) is 8.03. The molecule has 17 heavy (non-hydrogen) atoms. The van der Waals surface area contributed by atoms with Crippen molar-refractivity contribution in [1.82, 2.24) is 0 Å². The summed E-state index contributed by atoms with van der Waals surface area (Å²) in [5, 5.41) is 0. The van der Waals surface area contributed by atoms with Crippen molar-refractivity contribution in [3.8, 4) is 0 Å². The monoisotopic (exact) mass is 230 g/mol. The molecule has 0 aliphatic rings. The molecule has 0 heterocycles. The molecule has 0 bridgehead atoms. The fourth-order valence-electron chi connectivity index (χ4n) is 0.944. The minimum Gasteiger partial charge on any atom is -0.435 e. The molecule has 0 spiro atoms. The molecule has 0 unspecified atom stereocenters. The minimum absolute atomic E-state index is 0.241. The van der Waals surface area contributed by atoms with Gasteiger partial charge in [0.15, 0.2) is 0 Å². The number of carbonyl (C=O) groups is 1. The highest BCUT2D eigenvalue weighted by Crippen LogP contribution is 2.05. The van der Waals surface area contributed by atoms with Crippen LogP contribution in [0.25, 0.3) is 12.2 Å². The Hall–Kier alpha value is -2.09. The largest absolute Gasteiger partial charge is 0.435 e. The van der Waals surface area contributed by atoms with Gasteiger partial charge < -0.3 is 4.74 Å². The summed E-state index contributed by atoms with van der Waals surface area (Å²) in [6.07, 6.45) is 5.19. The molecule has 1 rings (SSSR count). The summed E-state index contributed by atoms with van der Waals surface area (Å²) < 4.78 is 4.32. The molecule has 0 radical (unpaired) electrons. The summed E-state index contributed by atoms with van der Waals surface area (Å²) in [6.45, 7) is 12.3. The predicted octanol–water partition coefficient (Wildman–Crippen LogP) is 4.06. The third-order valence-corrected chi connectivity index (χ3v) is 1.91. The van der Waals surface area contributed by atoms with Crippen LogP contribution in [-0.2, 0) is 9.53 Å². The van der Waals surface area contributed by atoms with Gasteiger partial charge in [-0.25, -0.2) is 0 Å². The average molecular weight is 230 g/mol. The summed E-state index contributed by atoms with van der Waals surface area (Å²) in [5.74, 6) is -0.241. The van der Waals surface area contributed by atoms with Crippen molar-refractivity contribution in [2.75, 3.05) is 0 Å². The Morgan fingerprint density at radius 2 is 1.53 bits per heavy atom. The van der Waals surface area contributed by atoms with Gasteiger partial charge in [0.2, 0.25) is 0 Å². The molecule has 2 heteroatoms. The maximum Gasteiger partial charge on any atom is 0.310 e. The molecule has 2 nitrogen and oxygen atoms in total. The highest BCUT2D eigenvalue weighted by atomic mass is 16.5. The van der Waals surface area contributed by atoms with Crippen molar-refractivity contribution < 1.29 is 9.53 Å². The van der Waals surface area contributed by atoms with E-state index < -0.39 is 0 Å². The molecular formula is C15H18O2. The van der Waals surface area contributed by atoms with Crippen LogP contribution in [0.2, 0.25) is 0 Å². The molecule has 0 aliphatic heterocycles. The first-order valence-corrected chi connectivity index (χ1v) is 5.33. The Balaban J connectivity index is 0.000000325. The van der Waals surface area contributed by atoms with E-state index in [4.69, 9.17) is 0 Å². The van der Waals surface area contributed by atoms with Gasteiger partial charge >= 0.3 is 5.97 Å². The zero-order valence-corrected chi connectivity index (χ0v) is 10.2. The Labute approximate surface area is 103 Å². The molecule has 0 N–H and O–H groups in total. The number of hydrogen-bond donors (Lipinski definition) is 0. The zero-order valence-electron chi connectivity index (χ0n) is 10.2. The second-order valence-electron chi connectivity index (χ2n) is 3.08. The topological polar surface area (TPSA) is 26.3 Å². The Morgan fingerprint density at radius 3 is 1.71 bits per heavy atom. The van der Waals surface area contributed by atoms with Crippen LogP contribution >= 0.6 is 0 Å². The highest BCUT2D eigenvalue weighted by molar-refractivity contribution is 5.69. The van der Waals surface area contributed by atoms with Crippen LogP contribution in [0.3, 0.4) is 0 Å². The standard InChI is InChI=1S/C10H10.C5H8O2/c1-3-9-5-7-10(4-2)8-6-9;1-3-5(6)7-4-2/h3-8H,1-2H2;4H,2-3H2,1H3. The smallest absolute Gasteiger partial charge is 0.310 e. The van der Waals surface area contributed by atoms with E-state index in [1.165, 1.54) is 0 Å². The van der Waals surface area contributed by atoms with Gasteiger partial charge in [0.1, 0.15) is 0 Å². The van der Waals surface area contributed by atoms with Crippen LogP contribution in [0.1, 0.15) is 24.5 Å². The number of benzene rings is 1. The highest BCUT2D eigenvalue weighted by Gasteiger charge is 1.89. The summed E-state index contributed by atoms with van der Waals surface area (Å²) in [7, 11) is 0. The molecule has 0 aliphatic carbocycles. The molecule has 90 valence electrons. The van der Waals surface area contributed by atoms with Crippen molar-refractivity contribution in [3.63, 3.8) is 0 Å². The fourth-order valence-corrected chi connectivity index (χ4v) is 0.944. The molecule has 0 amide bonds. The molecule has 1 aromatic rings. The van der Waals surface area contributed by atoms with Crippen LogP contribution < -0.4 is 0 Å². The summed E-state index contributed by atoms with van der Waals surface area (Å²) in [4.78, 5) is 10.1. The molecular weight excluding hydrogens is 212 g/mol. The molecule has 0 atom stereocenters. The van der Waals surface area contributed by atoms with Crippen LogP contribution in [0, 0.1) is 0 Å². The number of rotatable bonds is 4. The lowest BCUT2D eigenvalue weighted by Gasteiger charge is -1.92. The van der Waals surface area contributed by atoms with E-state index in [0.717, 1.165) is 17.4 Å².